The van der Waals surface area contributed by atoms with E-state index in [9.17, 15) is 18.4 Å². The number of nitrogens with one attached hydrogen (secondary N) is 1. The molecule has 2 heterocycles. The van der Waals surface area contributed by atoms with E-state index < -0.39 is 23.7 Å². The van der Waals surface area contributed by atoms with Gasteiger partial charge in [0.1, 0.15) is 24.2 Å². The summed E-state index contributed by atoms with van der Waals surface area (Å²) in [5.74, 6) is -1.46. The third-order valence-corrected chi connectivity index (χ3v) is 6.63. The second kappa shape index (κ2) is 12.5. The van der Waals surface area contributed by atoms with Crippen molar-refractivity contribution in [3.8, 4) is 11.4 Å². The summed E-state index contributed by atoms with van der Waals surface area (Å²) in [6, 6.07) is 19.3. The topological polar surface area (TPSA) is 106 Å². The highest BCUT2D eigenvalue weighted by molar-refractivity contribution is 6.01. The first kappa shape index (κ1) is 28.2. The van der Waals surface area contributed by atoms with Crippen molar-refractivity contribution < 1.29 is 18.4 Å². The largest absolute Gasteiger partial charge is 0.350 e. The molecule has 0 spiro atoms. The zero-order valence-electron chi connectivity index (χ0n) is 22.9. The number of carbonyl (C=O) groups is 2. The van der Waals surface area contributed by atoms with Crippen LogP contribution >= 0.6 is 0 Å². The Bertz CT molecular complexity index is 1690. The number of anilines is 1. The van der Waals surface area contributed by atoms with Crippen molar-refractivity contribution in [2.75, 3.05) is 4.90 Å². The van der Waals surface area contributed by atoms with E-state index in [2.05, 4.69) is 25.7 Å². The van der Waals surface area contributed by atoms with Crippen molar-refractivity contribution in [2.24, 2.45) is 0 Å². The molecule has 0 unspecified atom stereocenters. The molecule has 0 fully saturated rings. The maximum absolute atomic E-state index is 14.1. The van der Waals surface area contributed by atoms with Crippen LogP contribution in [0.15, 0.2) is 91.3 Å². The summed E-state index contributed by atoms with van der Waals surface area (Å²) in [5, 5.41) is 15.2. The van der Waals surface area contributed by atoms with Crippen LogP contribution in [0.4, 0.5) is 14.5 Å². The van der Waals surface area contributed by atoms with Crippen LogP contribution in [0.2, 0.25) is 0 Å². The molecule has 1 N–H and O–H groups in total. The molecule has 0 aliphatic carbocycles. The molecule has 42 heavy (non-hydrogen) atoms. The summed E-state index contributed by atoms with van der Waals surface area (Å²) >= 11 is 0. The summed E-state index contributed by atoms with van der Waals surface area (Å²) in [6.45, 7) is 3.56. The highest BCUT2D eigenvalue weighted by atomic mass is 19.1. The van der Waals surface area contributed by atoms with Crippen LogP contribution in [0.5, 0.6) is 0 Å². The second-order valence-electron chi connectivity index (χ2n) is 9.73. The SMILES string of the molecule is Cc1ccc(C)c(N(C(=O)Cn2nnc(-c3ccc(F)cc3)n2)[C@H](C(=O)NCc2ccc(F)cc2)c2ccncc2)c1. The van der Waals surface area contributed by atoms with E-state index >= 15 is 0 Å². The normalized spacial score (nSPS) is 11.6. The van der Waals surface area contributed by atoms with Crippen LogP contribution in [0.25, 0.3) is 11.4 Å². The van der Waals surface area contributed by atoms with Crippen LogP contribution in [-0.2, 0) is 22.7 Å². The van der Waals surface area contributed by atoms with E-state index in [1.165, 1.54) is 41.3 Å². The van der Waals surface area contributed by atoms with Crippen molar-refractivity contribution >= 4 is 17.5 Å². The first-order valence-electron chi connectivity index (χ1n) is 13.1. The van der Waals surface area contributed by atoms with Gasteiger partial charge in [-0.25, -0.2) is 8.78 Å². The van der Waals surface area contributed by atoms with Gasteiger partial charge in [-0.1, -0.05) is 24.3 Å². The number of carbonyl (C=O) groups excluding carboxylic acids is 2. The Morgan fingerprint density at radius 3 is 2.26 bits per heavy atom. The van der Waals surface area contributed by atoms with E-state index in [0.29, 0.717) is 22.4 Å². The van der Waals surface area contributed by atoms with E-state index in [-0.39, 0.29) is 24.7 Å². The summed E-state index contributed by atoms with van der Waals surface area (Å²) in [4.78, 5) is 34.6. The van der Waals surface area contributed by atoms with Crippen molar-refractivity contribution in [1.82, 2.24) is 30.5 Å². The van der Waals surface area contributed by atoms with Gasteiger partial charge in [0, 0.05) is 30.2 Å². The molecule has 1 atom stereocenters. The molecule has 0 saturated carbocycles. The third-order valence-electron chi connectivity index (χ3n) is 6.63. The lowest BCUT2D eigenvalue weighted by Gasteiger charge is -2.32. The number of benzene rings is 3. The first-order valence-corrected chi connectivity index (χ1v) is 13.1. The van der Waals surface area contributed by atoms with Gasteiger partial charge in [0.25, 0.3) is 5.91 Å². The Kier molecular flexibility index (Phi) is 8.37. The lowest BCUT2D eigenvalue weighted by atomic mass is 10.0. The molecule has 5 aromatic rings. The number of nitrogens with zero attached hydrogens (tertiary/aromatic N) is 6. The Balaban J connectivity index is 1.50. The first-order chi connectivity index (χ1) is 20.3. The number of rotatable bonds is 9. The molecule has 2 amide bonds. The summed E-state index contributed by atoms with van der Waals surface area (Å²) < 4.78 is 26.8. The third kappa shape index (κ3) is 6.52. The average Bonchev–Trinajstić information content (AvgIpc) is 3.46. The number of tetrazole rings is 1. The molecule has 2 aromatic heterocycles. The molecule has 212 valence electrons. The molecule has 5 rings (SSSR count). The minimum Gasteiger partial charge on any atom is -0.350 e. The number of hydrogen-bond acceptors (Lipinski definition) is 6. The zero-order chi connectivity index (χ0) is 29.6. The molecule has 0 radical (unpaired) electrons. The maximum Gasteiger partial charge on any atom is 0.251 e. The molecular formula is C31H27F2N7O2. The maximum atomic E-state index is 14.1. The standard InChI is InChI=1S/C31H27F2N7O2/c1-20-3-4-21(2)27(17-20)40(28(41)19-39-37-30(36-38-39)24-7-11-26(33)12-8-24)29(23-13-15-34-16-14-23)31(42)35-18-22-5-9-25(32)10-6-22/h3-17,29H,18-19H2,1-2H3,(H,35,42)/t29-/m0/s1. The lowest BCUT2D eigenvalue weighted by Crippen LogP contribution is -2.45. The lowest BCUT2D eigenvalue weighted by molar-refractivity contribution is -0.127. The Morgan fingerprint density at radius 1 is 0.905 bits per heavy atom. The van der Waals surface area contributed by atoms with Gasteiger partial charge in [-0.05, 0) is 95.9 Å². The van der Waals surface area contributed by atoms with Crippen LogP contribution in [0, 0.1) is 25.5 Å². The van der Waals surface area contributed by atoms with Crippen LogP contribution < -0.4 is 10.2 Å². The molecule has 0 saturated heterocycles. The van der Waals surface area contributed by atoms with E-state index in [4.69, 9.17) is 0 Å². The monoisotopic (exact) mass is 567 g/mol. The minimum absolute atomic E-state index is 0.126. The van der Waals surface area contributed by atoms with E-state index in [0.717, 1.165) is 15.9 Å². The summed E-state index contributed by atoms with van der Waals surface area (Å²) in [6.07, 6.45) is 3.10. The predicted octanol–water partition coefficient (Wildman–Crippen LogP) is 4.72. The summed E-state index contributed by atoms with van der Waals surface area (Å²) in [7, 11) is 0. The van der Waals surface area contributed by atoms with E-state index in [1.807, 2.05) is 32.0 Å². The smallest absolute Gasteiger partial charge is 0.251 e. The summed E-state index contributed by atoms with van der Waals surface area (Å²) in [5.41, 5.74) is 3.98. The molecule has 0 bridgehead atoms. The van der Waals surface area contributed by atoms with Crippen LogP contribution in [-0.4, -0.2) is 37.0 Å². The molecule has 0 aliphatic rings. The molecule has 3 aromatic carbocycles. The number of amides is 2. The van der Waals surface area contributed by atoms with Gasteiger partial charge >= 0.3 is 0 Å². The highest BCUT2D eigenvalue weighted by Gasteiger charge is 2.34. The van der Waals surface area contributed by atoms with Crippen LogP contribution in [0.3, 0.4) is 0 Å². The van der Waals surface area contributed by atoms with Crippen molar-refractivity contribution in [3.05, 3.63) is 125 Å². The van der Waals surface area contributed by atoms with Gasteiger partial charge in [-0.3, -0.25) is 19.5 Å². The molecular weight excluding hydrogens is 540 g/mol. The van der Waals surface area contributed by atoms with Gasteiger partial charge in [0.15, 0.2) is 0 Å². The fraction of sp³-hybridized carbons (Fsp3) is 0.161. The number of aromatic nitrogens is 5. The van der Waals surface area contributed by atoms with Gasteiger partial charge < -0.3 is 5.32 Å². The quantitative estimate of drug-likeness (QED) is 0.276. The number of halogens is 2. The molecule has 11 heteroatoms. The fourth-order valence-electron chi connectivity index (χ4n) is 4.47. The number of pyridine rings is 1. The van der Waals surface area contributed by atoms with E-state index in [1.54, 1.807) is 36.7 Å². The Hall–Kier alpha value is -5.32. The highest BCUT2D eigenvalue weighted by Crippen LogP contribution is 2.31. The van der Waals surface area contributed by atoms with Crippen LogP contribution in [0.1, 0.15) is 28.3 Å². The van der Waals surface area contributed by atoms with Gasteiger partial charge in [0.2, 0.25) is 11.7 Å². The zero-order valence-corrected chi connectivity index (χ0v) is 22.9. The van der Waals surface area contributed by atoms with Gasteiger partial charge in [-0.15, -0.1) is 10.2 Å². The number of aryl methyl sites for hydroxylation is 2. The van der Waals surface area contributed by atoms with Crippen molar-refractivity contribution in [2.45, 2.75) is 33.0 Å². The van der Waals surface area contributed by atoms with Gasteiger partial charge in [0.05, 0.1) is 0 Å². The predicted molar refractivity (Wildman–Crippen MR) is 152 cm³/mol. The average molecular weight is 568 g/mol. The molecule has 0 aliphatic heterocycles. The van der Waals surface area contributed by atoms with Crippen molar-refractivity contribution in [3.63, 3.8) is 0 Å². The Labute approximate surface area is 240 Å². The van der Waals surface area contributed by atoms with Gasteiger partial charge in [-0.2, -0.15) is 4.80 Å². The van der Waals surface area contributed by atoms with Crippen molar-refractivity contribution in [1.29, 1.82) is 0 Å². The number of hydrogen-bond donors (Lipinski definition) is 1. The Morgan fingerprint density at radius 2 is 1.57 bits per heavy atom. The molecule has 9 nitrogen and oxygen atoms in total. The second-order valence-corrected chi connectivity index (χ2v) is 9.73. The minimum atomic E-state index is -1.08. The fourth-order valence-corrected chi connectivity index (χ4v) is 4.47.